The monoisotopic (exact) mass is 163 g/mol. The van der Waals surface area contributed by atoms with Crippen LogP contribution in [0.25, 0.3) is 0 Å². The van der Waals surface area contributed by atoms with E-state index in [4.69, 9.17) is 0 Å². The smallest absolute Gasteiger partial charge is 0.162 e. The second-order valence-corrected chi connectivity index (χ2v) is 2.41. The van der Waals surface area contributed by atoms with Crippen LogP contribution in [0.2, 0.25) is 0 Å². The van der Waals surface area contributed by atoms with E-state index in [1.807, 2.05) is 0 Å². The Morgan fingerprint density at radius 3 is 2.33 bits per heavy atom. The average Bonchev–Trinajstić information content (AvgIpc) is 2.17. The Hall–Kier alpha value is -1.51. The van der Waals surface area contributed by atoms with E-state index in [-0.39, 0.29) is 5.78 Å². The molecular weight excluding hydrogens is 154 g/mol. The van der Waals surface area contributed by atoms with Gasteiger partial charge in [0.25, 0.3) is 0 Å². The molecule has 0 heterocycles. The first-order valence-corrected chi connectivity index (χ1v) is 3.74. The molecule has 0 saturated carbocycles. The van der Waals surface area contributed by atoms with Gasteiger partial charge in [-0.2, -0.15) is 0 Å². The van der Waals surface area contributed by atoms with Crippen LogP contribution in [0.1, 0.15) is 23.7 Å². The maximum atomic E-state index is 11.1. The summed E-state index contributed by atoms with van der Waals surface area (Å²) in [4.78, 5) is 21.1. The lowest BCUT2D eigenvalue weighted by molar-refractivity contribution is 0.0988. The zero-order valence-electron chi connectivity index (χ0n) is 6.78. The van der Waals surface area contributed by atoms with Crippen molar-refractivity contribution in [3.8, 4) is 0 Å². The van der Waals surface area contributed by atoms with Crippen LogP contribution in [0, 0.1) is 4.91 Å². The molecule has 12 heavy (non-hydrogen) atoms. The maximum absolute atomic E-state index is 11.1. The zero-order chi connectivity index (χ0) is 8.97. The van der Waals surface area contributed by atoms with Crippen molar-refractivity contribution in [3.63, 3.8) is 0 Å². The van der Waals surface area contributed by atoms with Crippen molar-refractivity contribution in [2.24, 2.45) is 5.18 Å². The Morgan fingerprint density at radius 2 is 1.92 bits per heavy atom. The van der Waals surface area contributed by atoms with Crippen LogP contribution in [-0.4, -0.2) is 5.78 Å². The lowest BCUT2D eigenvalue weighted by Crippen LogP contribution is -1.94. The van der Waals surface area contributed by atoms with Gasteiger partial charge in [-0.05, 0) is 29.4 Å². The van der Waals surface area contributed by atoms with Gasteiger partial charge in [-0.25, -0.2) is 0 Å². The molecule has 0 amide bonds. The number of hydrogen-bond acceptors (Lipinski definition) is 3. The van der Waals surface area contributed by atoms with E-state index in [0.29, 0.717) is 17.7 Å². The van der Waals surface area contributed by atoms with Crippen LogP contribution in [0.5, 0.6) is 0 Å². The average molecular weight is 163 g/mol. The second-order valence-electron chi connectivity index (χ2n) is 2.41. The summed E-state index contributed by atoms with van der Waals surface area (Å²) in [5, 5.41) is 2.74. The minimum atomic E-state index is 0.0763. The van der Waals surface area contributed by atoms with Gasteiger partial charge in [0.15, 0.2) is 5.78 Å². The van der Waals surface area contributed by atoms with Gasteiger partial charge >= 0.3 is 0 Å². The normalized spacial score (nSPS) is 9.42. The molecule has 0 unspecified atom stereocenters. The van der Waals surface area contributed by atoms with Crippen LogP contribution in [0.4, 0.5) is 5.69 Å². The van der Waals surface area contributed by atoms with Gasteiger partial charge in [-0.15, -0.1) is 4.91 Å². The fraction of sp³-hybridized carbons (Fsp3) is 0.222. The SMILES string of the molecule is CCC(=O)c1ccc(N=O)cc1. The summed E-state index contributed by atoms with van der Waals surface area (Å²) in [5.41, 5.74) is 0.979. The number of ketones is 1. The highest BCUT2D eigenvalue weighted by Crippen LogP contribution is 2.13. The third kappa shape index (κ3) is 1.75. The van der Waals surface area contributed by atoms with Crippen molar-refractivity contribution in [2.75, 3.05) is 0 Å². The van der Waals surface area contributed by atoms with Crippen molar-refractivity contribution in [1.82, 2.24) is 0 Å². The summed E-state index contributed by atoms with van der Waals surface area (Å²) < 4.78 is 0. The summed E-state index contributed by atoms with van der Waals surface area (Å²) in [6, 6.07) is 6.30. The molecule has 0 fully saturated rings. The van der Waals surface area contributed by atoms with Crippen LogP contribution >= 0.6 is 0 Å². The molecule has 0 N–H and O–H groups in total. The standard InChI is InChI=1S/C9H9NO2/c1-2-9(11)7-3-5-8(10-12)6-4-7/h3-6H,2H2,1H3. The molecule has 0 radical (unpaired) electrons. The third-order valence-electron chi connectivity index (χ3n) is 1.62. The molecule has 1 aromatic rings. The van der Waals surface area contributed by atoms with Crippen LogP contribution in [-0.2, 0) is 0 Å². The number of nitroso groups, excluding NO2 is 1. The largest absolute Gasteiger partial charge is 0.294 e. The van der Waals surface area contributed by atoms with E-state index in [0.717, 1.165) is 0 Å². The van der Waals surface area contributed by atoms with Crippen molar-refractivity contribution < 1.29 is 4.79 Å². The predicted octanol–water partition coefficient (Wildman–Crippen LogP) is 2.68. The van der Waals surface area contributed by atoms with Crippen LogP contribution in [0.15, 0.2) is 29.4 Å². The van der Waals surface area contributed by atoms with Gasteiger partial charge in [0.1, 0.15) is 5.69 Å². The van der Waals surface area contributed by atoms with E-state index in [1.165, 1.54) is 12.1 Å². The molecule has 3 heteroatoms. The highest BCUT2D eigenvalue weighted by Gasteiger charge is 2.01. The molecule has 0 aliphatic heterocycles. The topological polar surface area (TPSA) is 46.5 Å². The molecule has 0 aliphatic rings. The first-order chi connectivity index (χ1) is 5.77. The van der Waals surface area contributed by atoms with Crippen molar-refractivity contribution >= 4 is 11.5 Å². The summed E-state index contributed by atoms with van der Waals surface area (Å²) in [7, 11) is 0. The van der Waals surface area contributed by atoms with Gasteiger partial charge in [-0.3, -0.25) is 4.79 Å². The number of nitrogens with zero attached hydrogens (tertiary/aromatic N) is 1. The first kappa shape index (κ1) is 8.59. The number of Topliss-reactive ketones (excluding diaryl/α,β-unsaturated/α-hetero) is 1. The minimum absolute atomic E-state index is 0.0763. The summed E-state index contributed by atoms with van der Waals surface area (Å²) in [6.45, 7) is 1.80. The number of rotatable bonds is 3. The molecule has 1 rings (SSSR count). The lowest BCUT2D eigenvalue weighted by Gasteiger charge is -1.95. The van der Waals surface area contributed by atoms with Gasteiger partial charge in [0.2, 0.25) is 0 Å². The van der Waals surface area contributed by atoms with Gasteiger partial charge in [0.05, 0.1) is 0 Å². The zero-order valence-corrected chi connectivity index (χ0v) is 6.78. The summed E-state index contributed by atoms with van der Waals surface area (Å²) in [6.07, 6.45) is 0.480. The van der Waals surface area contributed by atoms with Crippen molar-refractivity contribution in [2.45, 2.75) is 13.3 Å². The van der Waals surface area contributed by atoms with Crippen molar-refractivity contribution in [1.29, 1.82) is 0 Å². The highest BCUT2D eigenvalue weighted by atomic mass is 16.3. The molecular formula is C9H9NO2. The Balaban J connectivity index is 2.91. The Labute approximate surface area is 70.4 Å². The molecule has 62 valence electrons. The fourth-order valence-corrected chi connectivity index (χ4v) is 0.912. The molecule has 0 aliphatic carbocycles. The van der Waals surface area contributed by atoms with Crippen LogP contribution in [0.3, 0.4) is 0 Å². The van der Waals surface area contributed by atoms with Crippen LogP contribution < -0.4 is 0 Å². The van der Waals surface area contributed by atoms with Gasteiger partial charge in [0, 0.05) is 12.0 Å². The quantitative estimate of drug-likeness (QED) is 0.508. The van der Waals surface area contributed by atoms with Gasteiger partial charge < -0.3 is 0 Å². The minimum Gasteiger partial charge on any atom is -0.294 e. The number of hydrogen-bond donors (Lipinski definition) is 0. The number of carbonyl (C=O) groups is 1. The number of carbonyl (C=O) groups excluding carboxylic acids is 1. The molecule has 1 aromatic carbocycles. The van der Waals surface area contributed by atoms with E-state index in [9.17, 15) is 9.70 Å². The lowest BCUT2D eigenvalue weighted by atomic mass is 10.1. The Morgan fingerprint density at radius 1 is 1.33 bits per heavy atom. The molecule has 0 spiro atoms. The molecule has 0 aromatic heterocycles. The third-order valence-corrected chi connectivity index (χ3v) is 1.62. The van der Waals surface area contributed by atoms with E-state index < -0.39 is 0 Å². The maximum Gasteiger partial charge on any atom is 0.162 e. The highest BCUT2D eigenvalue weighted by molar-refractivity contribution is 5.96. The van der Waals surface area contributed by atoms with Gasteiger partial charge in [-0.1, -0.05) is 6.92 Å². The Kier molecular flexibility index (Phi) is 2.69. The molecule has 0 atom stereocenters. The molecule has 0 saturated heterocycles. The predicted molar refractivity (Wildman–Crippen MR) is 46.5 cm³/mol. The summed E-state index contributed by atoms with van der Waals surface area (Å²) >= 11 is 0. The number of benzene rings is 1. The van der Waals surface area contributed by atoms with E-state index in [1.54, 1.807) is 19.1 Å². The molecule has 0 bridgehead atoms. The molecule has 3 nitrogen and oxygen atoms in total. The van der Waals surface area contributed by atoms with Crippen molar-refractivity contribution in [3.05, 3.63) is 34.7 Å². The van der Waals surface area contributed by atoms with E-state index in [2.05, 4.69) is 5.18 Å². The fourth-order valence-electron chi connectivity index (χ4n) is 0.912. The first-order valence-electron chi connectivity index (χ1n) is 3.74. The second kappa shape index (κ2) is 3.76. The summed E-state index contributed by atoms with van der Waals surface area (Å²) in [5.74, 6) is 0.0763. The Bertz CT molecular complexity index is 290. The van der Waals surface area contributed by atoms with E-state index >= 15 is 0 Å².